The van der Waals surface area contributed by atoms with E-state index in [-0.39, 0.29) is 11.9 Å². The number of aromatic nitrogens is 1. The van der Waals surface area contributed by atoms with E-state index >= 15 is 0 Å². The molecule has 0 bridgehead atoms. The van der Waals surface area contributed by atoms with Crippen molar-refractivity contribution < 1.29 is 4.79 Å². The Hall–Kier alpha value is -1.37. The monoisotopic (exact) mass is 347 g/mol. The van der Waals surface area contributed by atoms with Crippen LogP contribution in [-0.4, -0.2) is 41.5 Å². The zero-order chi connectivity index (χ0) is 16.2. The molecule has 0 saturated carbocycles. The van der Waals surface area contributed by atoms with Gasteiger partial charge in [0, 0.05) is 47.3 Å². The molecule has 1 aliphatic rings. The van der Waals surface area contributed by atoms with Crippen LogP contribution in [0.2, 0.25) is 0 Å². The van der Waals surface area contributed by atoms with Crippen LogP contribution >= 0.6 is 23.1 Å². The Morgan fingerprint density at radius 3 is 2.87 bits per heavy atom. The van der Waals surface area contributed by atoms with Gasteiger partial charge in [-0.2, -0.15) is 0 Å². The first-order valence-corrected chi connectivity index (χ1v) is 9.65. The van der Waals surface area contributed by atoms with Crippen molar-refractivity contribution >= 4 is 29.0 Å². The molecule has 1 saturated heterocycles. The van der Waals surface area contributed by atoms with Crippen molar-refractivity contribution in [1.82, 2.24) is 15.2 Å². The summed E-state index contributed by atoms with van der Waals surface area (Å²) < 4.78 is 0. The lowest BCUT2D eigenvalue weighted by Crippen LogP contribution is -2.52. The SMILES string of the molecule is Cc1nc(CSc2ccc(C(=O)N3CCNC[C@@H]3C)cc2)cs1. The van der Waals surface area contributed by atoms with E-state index in [9.17, 15) is 4.79 Å². The molecular formula is C17H21N3OS2. The summed E-state index contributed by atoms with van der Waals surface area (Å²) in [6.07, 6.45) is 0. The highest BCUT2D eigenvalue weighted by molar-refractivity contribution is 7.98. The van der Waals surface area contributed by atoms with Crippen LogP contribution in [0.1, 0.15) is 28.0 Å². The van der Waals surface area contributed by atoms with Gasteiger partial charge < -0.3 is 10.2 Å². The lowest BCUT2D eigenvalue weighted by atomic mass is 10.1. The van der Waals surface area contributed by atoms with Crippen LogP contribution in [0.5, 0.6) is 0 Å². The van der Waals surface area contributed by atoms with E-state index in [2.05, 4.69) is 22.6 Å². The number of nitrogens with zero attached hydrogens (tertiary/aromatic N) is 2. The fourth-order valence-corrected chi connectivity index (χ4v) is 4.14. The van der Waals surface area contributed by atoms with Gasteiger partial charge in [0.15, 0.2) is 0 Å². The molecule has 1 fully saturated rings. The molecule has 1 N–H and O–H groups in total. The largest absolute Gasteiger partial charge is 0.333 e. The van der Waals surface area contributed by atoms with Gasteiger partial charge in [0.05, 0.1) is 10.7 Å². The summed E-state index contributed by atoms with van der Waals surface area (Å²) in [6, 6.07) is 8.18. The molecule has 0 aliphatic carbocycles. The van der Waals surface area contributed by atoms with Crippen LogP contribution < -0.4 is 5.32 Å². The molecular weight excluding hydrogens is 326 g/mol. The zero-order valence-electron chi connectivity index (χ0n) is 13.4. The standard InChI is InChI=1S/C17H21N3OS2/c1-12-9-18-7-8-20(12)17(21)14-3-5-16(6-4-14)23-11-15-10-22-13(2)19-15/h3-6,10,12,18H,7-9,11H2,1-2H3/t12-/m0/s1. The van der Waals surface area contributed by atoms with Crippen LogP contribution in [-0.2, 0) is 5.75 Å². The number of carbonyl (C=O) groups excluding carboxylic acids is 1. The number of carbonyl (C=O) groups is 1. The second-order valence-electron chi connectivity index (χ2n) is 5.72. The Bertz CT molecular complexity index is 669. The topological polar surface area (TPSA) is 45.2 Å². The number of thiazole rings is 1. The highest BCUT2D eigenvalue weighted by atomic mass is 32.2. The predicted octanol–water partition coefficient (Wildman–Crippen LogP) is 3.18. The minimum absolute atomic E-state index is 0.130. The number of nitrogens with one attached hydrogen (secondary N) is 1. The predicted molar refractivity (Wildman–Crippen MR) is 96.2 cm³/mol. The third kappa shape index (κ3) is 4.13. The van der Waals surface area contributed by atoms with Crippen molar-refractivity contribution in [1.29, 1.82) is 0 Å². The fraction of sp³-hybridized carbons (Fsp3) is 0.412. The number of piperazine rings is 1. The van der Waals surface area contributed by atoms with Crippen LogP contribution in [0.3, 0.4) is 0 Å². The number of aryl methyl sites for hydroxylation is 1. The van der Waals surface area contributed by atoms with Crippen molar-refractivity contribution in [2.45, 2.75) is 30.5 Å². The second-order valence-corrected chi connectivity index (χ2v) is 7.83. The van der Waals surface area contributed by atoms with Crippen LogP contribution in [0, 0.1) is 6.92 Å². The zero-order valence-corrected chi connectivity index (χ0v) is 15.0. The van der Waals surface area contributed by atoms with Gasteiger partial charge in [-0.3, -0.25) is 4.79 Å². The van der Waals surface area contributed by atoms with E-state index < -0.39 is 0 Å². The lowest BCUT2D eigenvalue weighted by molar-refractivity contribution is 0.0655. The Labute approximate surface area is 145 Å². The molecule has 1 aromatic carbocycles. The molecule has 4 nitrogen and oxygen atoms in total. The van der Waals surface area contributed by atoms with Gasteiger partial charge in [-0.05, 0) is 38.1 Å². The number of hydrogen-bond donors (Lipinski definition) is 1. The molecule has 3 rings (SSSR count). The molecule has 0 radical (unpaired) electrons. The molecule has 1 atom stereocenters. The van der Waals surface area contributed by atoms with Gasteiger partial charge in [-0.25, -0.2) is 4.98 Å². The Morgan fingerprint density at radius 1 is 1.43 bits per heavy atom. The highest BCUT2D eigenvalue weighted by Crippen LogP contribution is 2.24. The molecule has 0 spiro atoms. The number of thioether (sulfide) groups is 1. The second kappa shape index (κ2) is 7.47. The van der Waals surface area contributed by atoms with Gasteiger partial charge in [0.1, 0.15) is 0 Å². The number of amides is 1. The van der Waals surface area contributed by atoms with Crippen molar-refractivity contribution in [2.75, 3.05) is 19.6 Å². The third-order valence-corrected chi connectivity index (χ3v) is 5.78. The van der Waals surface area contributed by atoms with Gasteiger partial charge in [0.25, 0.3) is 5.91 Å². The summed E-state index contributed by atoms with van der Waals surface area (Å²) in [4.78, 5) is 20.2. The van der Waals surface area contributed by atoms with E-state index in [0.717, 1.165) is 41.7 Å². The van der Waals surface area contributed by atoms with Gasteiger partial charge in [0.2, 0.25) is 0 Å². The summed E-state index contributed by atoms with van der Waals surface area (Å²) in [5.41, 5.74) is 1.89. The first-order valence-electron chi connectivity index (χ1n) is 7.79. The first-order chi connectivity index (χ1) is 11.1. The number of hydrogen-bond acceptors (Lipinski definition) is 5. The Morgan fingerprint density at radius 2 is 2.22 bits per heavy atom. The maximum absolute atomic E-state index is 12.6. The average molecular weight is 348 g/mol. The third-order valence-electron chi connectivity index (χ3n) is 3.92. The number of rotatable bonds is 4. The molecule has 1 aliphatic heterocycles. The molecule has 2 aromatic rings. The summed E-state index contributed by atoms with van der Waals surface area (Å²) in [7, 11) is 0. The minimum Gasteiger partial charge on any atom is -0.333 e. The van der Waals surface area contributed by atoms with Crippen molar-refractivity contribution in [2.24, 2.45) is 0 Å². The normalized spacial score (nSPS) is 18.2. The minimum atomic E-state index is 0.130. The summed E-state index contributed by atoms with van der Waals surface area (Å²) in [5, 5.41) is 6.52. The van der Waals surface area contributed by atoms with Crippen molar-refractivity contribution in [3.05, 3.63) is 45.9 Å². The van der Waals surface area contributed by atoms with E-state index in [4.69, 9.17) is 0 Å². The van der Waals surface area contributed by atoms with Crippen molar-refractivity contribution in [3.8, 4) is 0 Å². The molecule has 0 unspecified atom stereocenters. The summed E-state index contributed by atoms with van der Waals surface area (Å²) in [5.74, 6) is 0.998. The van der Waals surface area contributed by atoms with Crippen LogP contribution in [0.15, 0.2) is 34.5 Å². The van der Waals surface area contributed by atoms with Gasteiger partial charge >= 0.3 is 0 Å². The summed E-state index contributed by atoms with van der Waals surface area (Å²) >= 11 is 3.43. The molecule has 23 heavy (non-hydrogen) atoms. The maximum Gasteiger partial charge on any atom is 0.254 e. The fourth-order valence-electron chi connectivity index (χ4n) is 2.63. The quantitative estimate of drug-likeness (QED) is 0.863. The Balaban J connectivity index is 1.61. The maximum atomic E-state index is 12.6. The highest BCUT2D eigenvalue weighted by Gasteiger charge is 2.23. The lowest BCUT2D eigenvalue weighted by Gasteiger charge is -2.34. The van der Waals surface area contributed by atoms with Crippen LogP contribution in [0.25, 0.3) is 0 Å². The van der Waals surface area contributed by atoms with Crippen molar-refractivity contribution in [3.63, 3.8) is 0 Å². The Kier molecular flexibility index (Phi) is 5.35. The van der Waals surface area contributed by atoms with E-state index in [0.29, 0.717) is 0 Å². The smallest absolute Gasteiger partial charge is 0.254 e. The molecule has 6 heteroatoms. The number of benzene rings is 1. The molecule has 122 valence electrons. The van der Waals surface area contributed by atoms with Gasteiger partial charge in [-0.15, -0.1) is 23.1 Å². The molecule has 1 aromatic heterocycles. The summed E-state index contributed by atoms with van der Waals surface area (Å²) in [6.45, 7) is 6.63. The van der Waals surface area contributed by atoms with E-state index in [1.807, 2.05) is 36.1 Å². The van der Waals surface area contributed by atoms with E-state index in [1.165, 1.54) is 4.90 Å². The van der Waals surface area contributed by atoms with Gasteiger partial charge in [-0.1, -0.05) is 0 Å². The molecule has 2 heterocycles. The average Bonchev–Trinajstić information content (AvgIpc) is 2.99. The van der Waals surface area contributed by atoms with Crippen LogP contribution in [0.4, 0.5) is 0 Å². The van der Waals surface area contributed by atoms with E-state index in [1.54, 1.807) is 23.1 Å². The first kappa shape index (κ1) is 16.5. The molecule has 1 amide bonds.